The van der Waals surface area contributed by atoms with Crippen molar-refractivity contribution in [1.82, 2.24) is 5.32 Å². The first kappa shape index (κ1) is 12.8. The van der Waals surface area contributed by atoms with Crippen LogP contribution < -0.4 is 10.2 Å². The quantitative estimate of drug-likeness (QED) is 0.658. The number of hydrogen-bond donors (Lipinski definition) is 1. The number of nitrogens with one attached hydrogen (secondary N) is 1. The van der Waals surface area contributed by atoms with Gasteiger partial charge in [-0.3, -0.25) is 10.1 Å². The zero-order valence-corrected chi connectivity index (χ0v) is 10.8. The highest BCUT2D eigenvalue weighted by Crippen LogP contribution is 2.26. The van der Waals surface area contributed by atoms with E-state index in [-0.39, 0.29) is 10.6 Å². The third kappa shape index (κ3) is 2.61. The molecule has 1 aliphatic rings. The van der Waals surface area contributed by atoms with Gasteiger partial charge in [0, 0.05) is 36.4 Å². The number of benzene rings is 1. The lowest BCUT2D eigenvalue weighted by molar-refractivity contribution is -0.385. The molecule has 1 fully saturated rings. The van der Waals surface area contributed by atoms with Gasteiger partial charge in [-0.2, -0.15) is 0 Å². The molecule has 1 aromatic carbocycles. The summed E-state index contributed by atoms with van der Waals surface area (Å²) >= 11 is 0. The first-order valence-electron chi connectivity index (χ1n) is 6.29. The lowest BCUT2D eigenvalue weighted by atomic mass is 10.0. The second-order valence-electron chi connectivity index (χ2n) is 4.80. The molecule has 0 aliphatic carbocycles. The molecule has 5 heteroatoms. The summed E-state index contributed by atoms with van der Waals surface area (Å²) in [5.74, 6) is 0. The number of nitro groups is 1. The largest absolute Gasteiger partial charge is 0.370 e. The highest BCUT2D eigenvalue weighted by Gasteiger charge is 2.20. The highest BCUT2D eigenvalue weighted by atomic mass is 16.6. The van der Waals surface area contributed by atoms with Crippen LogP contribution in [0.1, 0.15) is 18.4 Å². The maximum absolute atomic E-state index is 10.8. The van der Waals surface area contributed by atoms with Crippen molar-refractivity contribution in [2.75, 3.05) is 25.0 Å². The Morgan fingerprint density at radius 1 is 1.50 bits per heavy atom. The van der Waals surface area contributed by atoms with Crippen molar-refractivity contribution in [3.8, 4) is 0 Å². The molecule has 1 aliphatic heterocycles. The second-order valence-corrected chi connectivity index (χ2v) is 4.80. The van der Waals surface area contributed by atoms with Gasteiger partial charge in [0.2, 0.25) is 0 Å². The molecule has 5 nitrogen and oxygen atoms in total. The summed E-state index contributed by atoms with van der Waals surface area (Å²) in [6.07, 6.45) is 2.35. The van der Waals surface area contributed by atoms with Crippen molar-refractivity contribution in [3.63, 3.8) is 0 Å². The van der Waals surface area contributed by atoms with Crippen LogP contribution in [-0.4, -0.2) is 31.1 Å². The van der Waals surface area contributed by atoms with Gasteiger partial charge in [0.1, 0.15) is 0 Å². The summed E-state index contributed by atoms with van der Waals surface area (Å²) in [5.41, 5.74) is 2.00. The fourth-order valence-electron chi connectivity index (χ4n) is 2.49. The van der Waals surface area contributed by atoms with E-state index in [1.807, 2.05) is 19.2 Å². The Balaban J connectivity index is 2.18. The molecule has 1 N–H and O–H groups in total. The minimum absolute atomic E-state index is 0.195. The topological polar surface area (TPSA) is 58.4 Å². The van der Waals surface area contributed by atoms with Gasteiger partial charge in [0.05, 0.1) is 4.92 Å². The molecule has 0 saturated carbocycles. The van der Waals surface area contributed by atoms with E-state index < -0.39 is 0 Å². The van der Waals surface area contributed by atoms with Crippen molar-refractivity contribution >= 4 is 11.4 Å². The van der Waals surface area contributed by atoms with Crippen LogP contribution in [0.15, 0.2) is 18.2 Å². The van der Waals surface area contributed by atoms with E-state index in [1.54, 1.807) is 13.0 Å². The summed E-state index contributed by atoms with van der Waals surface area (Å²) in [6.45, 7) is 3.78. The van der Waals surface area contributed by atoms with Gasteiger partial charge in [-0.05, 0) is 38.9 Å². The number of piperidine rings is 1. The third-order valence-corrected chi connectivity index (χ3v) is 3.57. The van der Waals surface area contributed by atoms with Crippen molar-refractivity contribution in [2.45, 2.75) is 25.8 Å². The molecule has 1 heterocycles. The van der Waals surface area contributed by atoms with Gasteiger partial charge >= 0.3 is 0 Å². The second kappa shape index (κ2) is 5.35. The molecule has 0 aromatic heterocycles. The molecule has 0 spiro atoms. The minimum atomic E-state index is -0.328. The fraction of sp³-hybridized carbons (Fsp3) is 0.538. The Kier molecular flexibility index (Phi) is 3.81. The molecule has 1 unspecified atom stereocenters. The van der Waals surface area contributed by atoms with Crippen LogP contribution in [-0.2, 0) is 0 Å². The maximum Gasteiger partial charge on any atom is 0.272 e. The molecule has 0 bridgehead atoms. The van der Waals surface area contributed by atoms with Crippen molar-refractivity contribution < 1.29 is 4.92 Å². The van der Waals surface area contributed by atoms with E-state index in [2.05, 4.69) is 10.2 Å². The molecule has 1 atom stereocenters. The molecular formula is C13H19N3O2. The van der Waals surface area contributed by atoms with E-state index >= 15 is 0 Å². The van der Waals surface area contributed by atoms with Gasteiger partial charge in [0.25, 0.3) is 5.69 Å². The first-order valence-corrected chi connectivity index (χ1v) is 6.29. The summed E-state index contributed by atoms with van der Waals surface area (Å²) in [7, 11) is 1.98. The van der Waals surface area contributed by atoms with E-state index in [0.717, 1.165) is 30.8 Å². The normalized spacial score (nSPS) is 19.9. The van der Waals surface area contributed by atoms with E-state index in [0.29, 0.717) is 6.04 Å². The Bertz CT molecular complexity index is 448. The number of nitro benzene ring substituents is 1. The van der Waals surface area contributed by atoms with E-state index in [4.69, 9.17) is 0 Å². The first-order chi connectivity index (χ1) is 8.61. The van der Waals surface area contributed by atoms with Crippen LogP contribution in [0.2, 0.25) is 0 Å². The summed E-state index contributed by atoms with van der Waals surface area (Å²) < 4.78 is 0. The Morgan fingerprint density at radius 3 is 2.89 bits per heavy atom. The van der Waals surface area contributed by atoms with Crippen LogP contribution in [0.25, 0.3) is 0 Å². The summed E-state index contributed by atoms with van der Waals surface area (Å²) in [6, 6.07) is 5.88. The zero-order valence-electron chi connectivity index (χ0n) is 10.8. The monoisotopic (exact) mass is 249 g/mol. The molecule has 2 rings (SSSR count). The molecule has 98 valence electrons. The van der Waals surface area contributed by atoms with Gasteiger partial charge < -0.3 is 10.2 Å². The SMILES string of the molecule is CNC1CCCN(c2ccc([N+](=O)[O-])c(C)c2)C1. The standard InChI is InChI=1S/C13H19N3O2/c1-10-8-12(5-6-13(10)16(17)18)15-7-3-4-11(9-15)14-2/h5-6,8,11,14H,3-4,7,9H2,1-2H3. The Labute approximate surface area is 107 Å². The number of likely N-dealkylation sites (N-methyl/N-ethyl adjacent to an activating group) is 1. The van der Waals surface area contributed by atoms with Crippen LogP contribution >= 0.6 is 0 Å². The summed E-state index contributed by atoms with van der Waals surface area (Å²) in [5, 5.41) is 14.1. The van der Waals surface area contributed by atoms with Gasteiger partial charge in [-0.25, -0.2) is 0 Å². The molecule has 1 saturated heterocycles. The van der Waals surface area contributed by atoms with Crippen molar-refractivity contribution in [3.05, 3.63) is 33.9 Å². The predicted octanol–water partition coefficient (Wildman–Crippen LogP) is 2.09. The molecule has 0 radical (unpaired) electrons. The number of hydrogen-bond acceptors (Lipinski definition) is 4. The highest BCUT2D eigenvalue weighted by molar-refractivity contribution is 5.55. The predicted molar refractivity (Wildman–Crippen MR) is 72.1 cm³/mol. The number of nitrogens with zero attached hydrogens (tertiary/aromatic N) is 2. The Hall–Kier alpha value is -1.62. The molecule has 18 heavy (non-hydrogen) atoms. The lowest BCUT2D eigenvalue weighted by Crippen LogP contribution is -2.44. The van der Waals surface area contributed by atoms with Gasteiger partial charge in [-0.1, -0.05) is 0 Å². The molecule has 1 aromatic rings. The van der Waals surface area contributed by atoms with Gasteiger partial charge in [-0.15, -0.1) is 0 Å². The smallest absolute Gasteiger partial charge is 0.272 e. The van der Waals surface area contributed by atoms with E-state index in [1.165, 1.54) is 6.42 Å². The lowest BCUT2D eigenvalue weighted by Gasteiger charge is -2.34. The van der Waals surface area contributed by atoms with Crippen LogP contribution in [0.4, 0.5) is 11.4 Å². The summed E-state index contributed by atoms with van der Waals surface area (Å²) in [4.78, 5) is 12.8. The van der Waals surface area contributed by atoms with Crippen LogP contribution in [0.5, 0.6) is 0 Å². The molecular weight excluding hydrogens is 230 g/mol. The maximum atomic E-state index is 10.8. The van der Waals surface area contributed by atoms with E-state index in [9.17, 15) is 10.1 Å². The minimum Gasteiger partial charge on any atom is -0.370 e. The fourth-order valence-corrected chi connectivity index (χ4v) is 2.49. The average Bonchev–Trinajstić information content (AvgIpc) is 2.38. The van der Waals surface area contributed by atoms with Crippen LogP contribution in [0, 0.1) is 17.0 Å². The number of anilines is 1. The van der Waals surface area contributed by atoms with Crippen molar-refractivity contribution in [2.24, 2.45) is 0 Å². The Morgan fingerprint density at radius 2 is 2.28 bits per heavy atom. The van der Waals surface area contributed by atoms with Crippen LogP contribution in [0.3, 0.4) is 0 Å². The average molecular weight is 249 g/mol. The molecule has 0 amide bonds. The van der Waals surface area contributed by atoms with Crippen molar-refractivity contribution in [1.29, 1.82) is 0 Å². The van der Waals surface area contributed by atoms with Gasteiger partial charge in [0.15, 0.2) is 0 Å². The number of aryl methyl sites for hydroxylation is 1. The number of rotatable bonds is 3. The third-order valence-electron chi connectivity index (χ3n) is 3.57. The zero-order chi connectivity index (χ0) is 13.1.